The first-order valence-corrected chi connectivity index (χ1v) is 6.14. The molecule has 0 aromatic carbocycles. The monoisotopic (exact) mass is 225 g/mol. The Morgan fingerprint density at radius 1 is 1.44 bits per heavy atom. The molecule has 3 nitrogen and oxygen atoms in total. The van der Waals surface area contributed by atoms with E-state index in [4.69, 9.17) is 0 Å². The van der Waals surface area contributed by atoms with Crippen LogP contribution in [-0.2, 0) is 9.53 Å². The summed E-state index contributed by atoms with van der Waals surface area (Å²) in [5.41, 5.74) is 0.707. The number of nitrogens with zero attached hydrogens (tertiary/aromatic N) is 1. The first-order valence-electron chi connectivity index (χ1n) is 6.14. The summed E-state index contributed by atoms with van der Waals surface area (Å²) >= 11 is 0. The minimum absolute atomic E-state index is 0.220. The maximum Gasteiger partial charge on any atom is 0.333 e. The van der Waals surface area contributed by atoms with Crippen molar-refractivity contribution in [3.63, 3.8) is 0 Å². The molecule has 1 aliphatic rings. The van der Waals surface area contributed by atoms with Crippen molar-refractivity contribution < 1.29 is 9.53 Å². The zero-order valence-corrected chi connectivity index (χ0v) is 10.7. The third-order valence-corrected chi connectivity index (χ3v) is 3.33. The normalized spacial score (nSPS) is 23.9. The maximum absolute atomic E-state index is 11.2. The molecule has 0 aromatic heterocycles. The van der Waals surface area contributed by atoms with Crippen molar-refractivity contribution in [1.82, 2.24) is 4.90 Å². The Hall–Kier alpha value is -0.830. The van der Waals surface area contributed by atoms with Gasteiger partial charge in [0, 0.05) is 18.2 Å². The van der Waals surface area contributed by atoms with Gasteiger partial charge < -0.3 is 4.74 Å². The van der Waals surface area contributed by atoms with Crippen LogP contribution in [0, 0.1) is 0 Å². The van der Waals surface area contributed by atoms with Crippen molar-refractivity contribution in [3.8, 4) is 0 Å². The number of esters is 1. The zero-order valence-electron chi connectivity index (χ0n) is 10.7. The van der Waals surface area contributed by atoms with Crippen LogP contribution < -0.4 is 0 Å². The number of methoxy groups -OCH3 is 1. The van der Waals surface area contributed by atoms with Crippen LogP contribution in [0.15, 0.2) is 11.6 Å². The van der Waals surface area contributed by atoms with Gasteiger partial charge in [0.05, 0.1) is 7.11 Å². The van der Waals surface area contributed by atoms with Gasteiger partial charge in [0.2, 0.25) is 0 Å². The molecule has 0 N–H and O–H groups in total. The largest absolute Gasteiger partial charge is 0.466 e. The van der Waals surface area contributed by atoms with E-state index in [1.165, 1.54) is 32.8 Å². The highest BCUT2D eigenvalue weighted by Crippen LogP contribution is 2.16. The Morgan fingerprint density at radius 3 is 2.88 bits per heavy atom. The van der Waals surface area contributed by atoms with Gasteiger partial charge >= 0.3 is 5.97 Å². The molecule has 92 valence electrons. The molecule has 0 saturated carbocycles. The molecule has 3 heteroatoms. The summed E-state index contributed by atoms with van der Waals surface area (Å²) in [6, 6.07) is 0.629. The van der Waals surface area contributed by atoms with E-state index in [0.29, 0.717) is 11.6 Å². The molecule has 1 unspecified atom stereocenters. The van der Waals surface area contributed by atoms with E-state index in [9.17, 15) is 4.79 Å². The van der Waals surface area contributed by atoms with E-state index >= 15 is 0 Å². The Kier molecular flexibility index (Phi) is 5.53. The number of carbonyl (C=O) groups is 1. The second-order valence-corrected chi connectivity index (χ2v) is 4.57. The molecule has 0 amide bonds. The molecule has 0 aliphatic carbocycles. The van der Waals surface area contributed by atoms with Gasteiger partial charge in [-0.3, -0.25) is 4.90 Å². The lowest BCUT2D eigenvalue weighted by atomic mass is 10.1. The molecule has 1 atom stereocenters. The third kappa shape index (κ3) is 3.97. The Labute approximate surface area is 98.5 Å². The number of ether oxygens (including phenoxy) is 1. The molecular formula is C13H23NO2. The van der Waals surface area contributed by atoms with Crippen LogP contribution in [0.2, 0.25) is 0 Å². The molecule has 1 rings (SSSR count). The Balaban J connectivity index is 2.48. The lowest BCUT2D eigenvalue weighted by Gasteiger charge is -2.25. The minimum atomic E-state index is -0.220. The van der Waals surface area contributed by atoms with E-state index in [0.717, 1.165) is 13.1 Å². The van der Waals surface area contributed by atoms with Crippen LogP contribution in [0.5, 0.6) is 0 Å². The van der Waals surface area contributed by atoms with Crippen molar-refractivity contribution in [1.29, 1.82) is 0 Å². The first kappa shape index (κ1) is 13.2. The number of carbonyl (C=O) groups excluding carboxylic acids is 1. The number of rotatable bonds is 3. The van der Waals surface area contributed by atoms with Gasteiger partial charge in [-0.15, -0.1) is 0 Å². The SMILES string of the molecule is COC(=O)C(C)=CCN1CCCCCC1C. The molecule has 1 aliphatic heterocycles. The third-order valence-electron chi connectivity index (χ3n) is 3.33. The van der Waals surface area contributed by atoms with Crippen molar-refractivity contribution in [3.05, 3.63) is 11.6 Å². The van der Waals surface area contributed by atoms with E-state index in [2.05, 4.69) is 16.6 Å². The highest BCUT2D eigenvalue weighted by atomic mass is 16.5. The summed E-state index contributed by atoms with van der Waals surface area (Å²) in [7, 11) is 1.42. The van der Waals surface area contributed by atoms with Gasteiger partial charge in [-0.2, -0.15) is 0 Å². The summed E-state index contributed by atoms with van der Waals surface area (Å²) < 4.78 is 4.68. The van der Waals surface area contributed by atoms with Crippen LogP contribution >= 0.6 is 0 Å². The zero-order chi connectivity index (χ0) is 12.0. The van der Waals surface area contributed by atoms with Crippen molar-refractivity contribution in [2.45, 2.75) is 45.6 Å². The van der Waals surface area contributed by atoms with Crippen molar-refractivity contribution in [2.24, 2.45) is 0 Å². The fourth-order valence-corrected chi connectivity index (χ4v) is 2.10. The van der Waals surface area contributed by atoms with Crippen LogP contribution in [0.25, 0.3) is 0 Å². The van der Waals surface area contributed by atoms with Crippen molar-refractivity contribution >= 4 is 5.97 Å². The van der Waals surface area contributed by atoms with Crippen LogP contribution in [-0.4, -0.2) is 37.1 Å². The predicted octanol–water partition coefficient (Wildman–Crippen LogP) is 2.37. The quantitative estimate of drug-likeness (QED) is 0.545. The number of likely N-dealkylation sites (tertiary alicyclic amines) is 1. The Bertz CT molecular complexity index is 261. The van der Waals surface area contributed by atoms with Gasteiger partial charge in [0.1, 0.15) is 0 Å². The highest BCUT2D eigenvalue weighted by Gasteiger charge is 2.15. The summed E-state index contributed by atoms with van der Waals surface area (Å²) in [6.07, 6.45) is 7.19. The fraction of sp³-hybridized carbons (Fsp3) is 0.769. The standard InChI is InChI=1S/C13H23NO2/c1-11(13(15)16-3)8-10-14-9-6-4-5-7-12(14)2/h8,12H,4-7,9-10H2,1-3H3. The minimum Gasteiger partial charge on any atom is -0.466 e. The van der Waals surface area contributed by atoms with Crippen LogP contribution in [0.1, 0.15) is 39.5 Å². The lowest BCUT2D eigenvalue weighted by molar-refractivity contribution is -0.136. The number of hydrogen-bond acceptors (Lipinski definition) is 3. The topological polar surface area (TPSA) is 29.5 Å². The average Bonchev–Trinajstić information content (AvgIpc) is 2.50. The smallest absolute Gasteiger partial charge is 0.333 e. The molecule has 16 heavy (non-hydrogen) atoms. The van der Waals surface area contributed by atoms with Gasteiger partial charge in [-0.05, 0) is 33.2 Å². The van der Waals surface area contributed by atoms with Gasteiger partial charge in [0.15, 0.2) is 0 Å². The molecule has 1 saturated heterocycles. The summed E-state index contributed by atoms with van der Waals surface area (Å²) in [5.74, 6) is -0.220. The van der Waals surface area contributed by atoms with Gasteiger partial charge in [0.25, 0.3) is 0 Å². The summed E-state index contributed by atoms with van der Waals surface area (Å²) in [4.78, 5) is 13.7. The van der Waals surface area contributed by atoms with Gasteiger partial charge in [-0.1, -0.05) is 18.9 Å². The predicted molar refractivity (Wildman–Crippen MR) is 65.3 cm³/mol. The molecule has 0 radical (unpaired) electrons. The van der Waals surface area contributed by atoms with Gasteiger partial charge in [-0.25, -0.2) is 4.79 Å². The molecular weight excluding hydrogens is 202 g/mol. The highest BCUT2D eigenvalue weighted by molar-refractivity contribution is 5.87. The molecule has 1 heterocycles. The molecule has 1 fully saturated rings. The second kappa shape index (κ2) is 6.69. The van der Waals surface area contributed by atoms with E-state index < -0.39 is 0 Å². The molecule has 0 bridgehead atoms. The van der Waals surface area contributed by atoms with Crippen LogP contribution in [0.4, 0.5) is 0 Å². The van der Waals surface area contributed by atoms with E-state index in [-0.39, 0.29) is 5.97 Å². The molecule has 0 aromatic rings. The molecule has 0 spiro atoms. The van der Waals surface area contributed by atoms with Crippen molar-refractivity contribution in [2.75, 3.05) is 20.2 Å². The first-order chi connectivity index (χ1) is 7.65. The lowest BCUT2D eigenvalue weighted by Crippen LogP contribution is -2.32. The van der Waals surface area contributed by atoms with E-state index in [1.807, 2.05) is 13.0 Å². The second-order valence-electron chi connectivity index (χ2n) is 4.57. The number of hydrogen-bond donors (Lipinski definition) is 0. The summed E-state index contributed by atoms with van der Waals surface area (Å²) in [5, 5.41) is 0. The Morgan fingerprint density at radius 2 is 2.19 bits per heavy atom. The fourth-order valence-electron chi connectivity index (χ4n) is 2.10. The van der Waals surface area contributed by atoms with Crippen LogP contribution in [0.3, 0.4) is 0 Å². The van der Waals surface area contributed by atoms with E-state index in [1.54, 1.807) is 0 Å². The summed E-state index contributed by atoms with van der Waals surface area (Å²) in [6.45, 7) is 6.09. The average molecular weight is 225 g/mol. The maximum atomic E-state index is 11.2.